The van der Waals surface area contributed by atoms with Crippen LogP contribution < -0.4 is 5.73 Å². The van der Waals surface area contributed by atoms with Crippen molar-refractivity contribution >= 4 is 17.5 Å². The molecule has 0 unspecified atom stereocenters. The highest BCUT2D eigenvalue weighted by Crippen LogP contribution is 2.31. The molecule has 17 heavy (non-hydrogen) atoms. The molecule has 0 aromatic carbocycles. The minimum absolute atomic E-state index is 0.560. The molecule has 0 aliphatic heterocycles. The standard InChI is InChI=1S/C8H7F2N3O4/c1-17-8(14)4-5(11)3(6(9)10)2-12-7(4)13(15)16/h2,6H,1H3,(H2,11,12). The number of methoxy groups -OCH3 is 1. The fourth-order valence-corrected chi connectivity index (χ4v) is 1.15. The van der Waals surface area contributed by atoms with Gasteiger partial charge in [0.15, 0.2) is 11.8 Å². The van der Waals surface area contributed by atoms with Crippen molar-refractivity contribution in [1.82, 2.24) is 4.98 Å². The topological polar surface area (TPSA) is 108 Å². The molecule has 0 saturated heterocycles. The smallest absolute Gasteiger partial charge is 0.380 e. The van der Waals surface area contributed by atoms with Gasteiger partial charge < -0.3 is 20.6 Å². The number of esters is 1. The molecule has 0 atom stereocenters. The van der Waals surface area contributed by atoms with Crippen LogP contribution in [0.1, 0.15) is 22.3 Å². The molecule has 92 valence electrons. The van der Waals surface area contributed by atoms with Crippen LogP contribution in [0.4, 0.5) is 20.3 Å². The van der Waals surface area contributed by atoms with Crippen molar-refractivity contribution in [3.05, 3.63) is 27.4 Å². The highest BCUT2D eigenvalue weighted by Gasteiger charge is 2.30. The number of nitrogens with zero attached hydrogens (tertiary/aromatic N) is 2. The average molecular weight is 247 g/mol. The van der Waals surface area contributed by atoms with Gasteiger partial charge in [0.2, 0.25) is 0 Å². The predicted octanol–water partition coefficient (Wildman–Crippen LogP) is 1.30. The molecule has 9 heteroatoms. The lowest BCUT2D eigenvalue weighted by molar-refractivity contribution is -0.389. The van der Waals surface area contributed by atoms with E-state index in [1.807, 2.05) is 0 Å². The number of nitrogen functional groups attached to an aromatic ring is 1. The third kappa shape index (κ3) is 2.27. The Bertz CT molecular complexity index is 478. The predicted molar refractivity (Wildman–Crippen MR) is 51.6 cm³/mol. The number of carbonyl (C=O) groups is 1. The molecule has 1 heterocycles. The lowest BCUT2D eigenvalue weighted by Gasteiger charge is -2.07. The summed E-state index contributed by atoms with van der Waals surface area (Å²) in [5, 5.41) is 10.6. The Kier molecular flexibility index (Phi) is 3.51. The van der Waals surface area contributed by atoms with E-state index in [2.05, 4.69) is 9.72 Å². The van der Waals surface area contributed by atoms with Crippen molar-refractivity contribution in [2.45, 2.75) is 6.43 Å². The van der Waals surface area contributed by atoms with Gasteiger partial charge in [-0.15, -0.1) is 0 Å². The average Bonchev–Trinajstić information content (AvgIpc) is 2.26. The monoisotopic (exact) mass is 247 g/mol. The van der Waals surface area contributed by atoms with Crippen LogP contribution in [0.5, 0.6) is 0 Å². The summed E-state index contributed by atoms with van der Waals surface area (Å²) in [5.41, 5.74) is 3.05. The van der Waals surface area contributed by atoms with Crippen molar-refractivity contribution in [1.29, 1.82) is 0 Å². The molecule has 1 aromatic heterocycles. The van der Waals surface area contributed by atoms with Crippen LogP contribution in [0.25, 0.3) is 0 Å². The van der Waals surface area contributed by atoms with Gasteiger partial charge in [-0.2, -0.15) is 0 Å². The number of nitro groups is 1. The van der Waals surface area contributed by atoms with Gasteiger partial charge in [0.05, 0.1) is 18.4 Å². The first-order valence-corrected chi connectivity index (χ1v) is 4.19. The molecule has 1 aromatic rings. The lowest BCUT2D eigenvalue weighted by atomic mass is 10.1. The zero-order valence-electron chi connectivity index (χ0n) is 8.52. The summed E-state index contributed by atoms with van der Waals surface area (Å²) < 4.78 is 29.2. The fraction of sp³-hybridized carbons (Fsp3) is 0.250. The minimum atomic E-state index is -2.99. The molecule has 0 aliphatic carbocycles. The molecular weight excluding hydrogens is 240 g/mol. The maximum absolute atomic E-state index is 12.5. The number of alkyl halides is 2. The van der Waals surface area contributed by atoms with Crippen molar-refractivity contribution in [3.8, 4) is 0 Å². The van der Waals surface area contributed by atoms with Crippen LogP contribution in [0.3, 0.4) is 0 Å². The zero-order chi connectivity index (χ0) is 13.2. The number of hydrogen-bond acceptors (Lipinski definition) is 6. The third-order valence-corrected chi connectivity index (χ3v) is 1.93. The van der Waals surface area contributed by atoms with Crippen LogP contribution in [0.2, 0.25) is 0 Å². The Balaban J connectivity index is 3.53. The van der Waals surface area contributed by atoms with Gasteiger partial charge in [-0.3, -0.25) is 0 Å². The Morgan fingerprint density at radius 1 is 1.65 bits per heavy atom. The number of carbonyl (C=O) groups excluding carboxylic acids is 1. The zero-order valence-corrected chi connectivity index (χ0v) is 8.52. The van der Waals surface area contributed by atoms with Crippen LogP contribution in [0, 0.1) is 10.1 Å². The van der Waals surface area contributed by atoms with Crippen LogP contribution >= 0.6 is 0 Å². The summed E-state index contributed by atoms with van der Waals surface area (Å²) >= 11 is 0. The summed E-state index contributed by atoms with van der Waals surface area (Å²) in [7, 11) is 0.945. The van der Waals surface area contributed by atoms with E-state index < -0.39 is 40.0 Å². The van der Waals surface area contributed by atoms with Gasteiger partial charge >= 0.3 is 11.8 Å². The number of ether oxygens (including phenoxy) is 1. The second-order valence-corrected chi connectivity index (χ2v) is 2.88. The van der Waals surface area contributed by atoms with E-state index in [1.54, 1.807) is 0 Å². The third-order valence-electron chi connectivity index (χ3n) is 1.93. The Morgan fingerprint density at radius 2 is 2.24 bits per heavy atom. The quantitative estimate of drug-likeness (QED) is 0.489. The summed E-state index contributed by atoms with van der Waals surface area (Å²) in [4.78, 5) is 24.0. The summed E-state index contributed by atoms with van der Waals surface area (Å²) in [5.74, 6) is -2.11. The van der Waals surface area contributed by atoms with Crippen molar-refractivity contribution in [2.75, 3.05) is 12.8 Å². The molecule has 7 nitrogen and oxygen atoms in total. The molecule has 0 amide bonds. The van der Waals surface area contributed by atoms with Gasteiger partial charge in [0.25, 0.3) is 6.43 Å². The van der Waals surface area contributed by atoms with Gasteiger partial charge in [-0.1, -0.05) is 0 Å². The Labute approximate surface area is 93.3 Å². The fourth-order valence-electron chi connectivity index (χ4n) is 1.15. The second-order valence-electron chi connectivity index (χ2n) is 2.88. The molecule has 0 radical (unpaired) electrons. The summed E-state index contributed by atoms with van der Waals surface area (Å²) in [6.45, 7) is 0. The molecule has 0 saturated carbocycles. The molecule has 2 N–H and O–H groups in total. The number of aromatic nitrogens is 1. The molecule has 0 aliphatic rings. The van der Waals surface area contributed by atoms with E-state index in [0.29, 0.717) is 6.20 Å². The van der Waals surface area contributed by atoms with Gasteiger partial charge in [-0.05, 0) is 9.91 Å². The summed E-state index contributed by atoms with van der Waals surface area (Å²) in [6, 6.07) is 0. The van der Waals surface area contributed by atoms with E-state index in [9.17, 15) is 23.7 Å². The molecular formula is C8H7F2N3O4. The maximum Gasteiger partial charge on any atom is 0.380 e. The van der Waals surface area contributed by atoms with E-state index in [4.69, 9.17) is 5.73 Å². The maximum atomic E-state index is 12.5. The van der Waals surface area contributed by atoms with Crippen LogP contribution in [-0.2, 0) is 4.74 Å². The van der Waals surface area contributed by atoms with Gasteiger partial charge in [0, 0.05) is 0 Å². The highest BCUT2D eigenvalue weighted by atomic mass is 19.3. The van der Waals surface area contributed by atoms with Crippen LogP contribution in [-0.4, -0.2) is 23.0 Å². The normalized spacial score (nSPS) is 10.4. The van der Waals surface area contributed by atoms with Crippen LogP contribution in [0.15, 0.2) is 6.20 Å². The minimum Gasteiger partial charge on any atom is -0.465 e. The van der Waals surface area contributed by atoms with Crippen molar-refractivity contribution in [3.63, 3.8) is 0 Å². The Morgan fingerprint density at radius 3 is 2.65 bits per heavy atom. The first-order chi connectivity index (χ1) is 7.90. The molecule has 0 fully saturated rings. The summed E-state index contributed by atoms with van der Waals surface area (Å²) in [6.07, 6.45) is -2.43. The number of nitrogens with two attached hydrogens (primary N) is 1. The highest BCUT2D eigenvalue weighted by molar-refractivity contribution is 5.99. The first-order valence-electron chi connectivity index (χ1n) is 4.19. The van der Waals surface area contributed by atoms with Crippen molar-refractivity contribution in [2.24, 2.45) is 0 Å². The number of halogens is 2. The largest absolute Gasteiger partial charge is 0.465 e. The Hall–Kier alpha value is -2.32. The molecule has 1 rings (SSSR count). The number of rotatable bonds is 3. The SMILES string of the molecule is COC(=O)c1c([N+](=O)[O-])ncc(C(F)F)c1N. The van der Waals surface area contributed by atoms with E-state index in [-0.39, 0.29) is 0 Å². The van der Waals surface area contributed by atoms with E-state index >= 15 is 0 Å². The van der Waals surface area contributed by atoms with Gasteiger partial charge in [-0.25, -0.2) is 13.6 Å². The number of pyridine rings is 1. The van der Waals surface area contributed by atoms with E-state index in [0.717, 1.165) is 7.11 Å². The number of hydrogen-bond donors (Lipinski definition) is 1. The first kappa shape index (κ1) is 12.7. The van der Waals surface area contributed by atoms with E-state index in [1.165, 1.54) is 0 Å². The number of anilines is 1. The molecule has 0 spiro atoms. The van der Waals surface area contributed by atoms with Gasteiger partial charge in [0.1, 0.15) is 0 Å². The lowest BCUT2D eigenvalue weighted by Crippen LogP contribution is -2.13. The van der Waals surface area contributed by atoms with Crippen molar-refractivity contribution < 1.29 is 23.2 Å². The molecule has 0 bridgehead atoms. The second kappa shape index (κ2) is 4.68.